The number of benzene rings is 1. The van der Waals surface area contributed by atoms with Crippen molar-refractivity contribution in [1.82, 2.24) is 15.8 Å². The van der Waals surface area contributed by atoms with E-state index in [1.165, 1.54) is 10.5 Å². The number of aromatic nitrogens is 1. The van der Waals surface area contributed by atoms with Crippen molar-refractivity contribution < 1.29 is 14.1 Å². The van der Waals surface area contributed by atoms with Gasteiger partial charge in [-0.3, -0.25) is 15.0 Å². The molecule has 7 heteroatoms. The van der Waals surface area contributed by atoms with Crippen molar-refractivity contribution in [2.45, 2.75) is 12.8 Å². The van der Waals surface area contributed by atoms with Crippen molar-refractivity contribution in [3.8, 4) is 0 Å². The van der Waals surface area contributed by atoms with Gasteiger partial charge >= 0.3 is 6.03 Å². The van der Waals surface area contributed by atoms with Gasteiger partial charge in [-0.15, -0.1) is 0 Å². The van der Waals surface area contributed by atoms with E-state index in [2.05, 4.69) is 15.8 Å². The molecule has 2 aliphatic heterocycles. The minimum absolute atomic E-state index is 0.257. The van der Waals surface area contributed by atoms with Crippen LogP contribution in [0.5, 0.6) is 0 Å². The van der Waals surface area contributed by atoms with E-state index in [0.29, 0.717) is 23.9 Å². The Bertz CT molecular complexity index is 750. The van der Waals surface area contributed by atoms with Crippen LogP contribution >= 0.6 is 0 Å². The molecule has 3 heterocycles. The zero-order valence-corrected chi connectivity index (χ0v) is 12.0. The molecule has 0 radical (unpaired) electrons. The van der Waals surface area contributed by atoms with Gasteiger partial charge in [-0.2, -0.15) is 0 Å². The zero-order chi connectivity index (χ0) is 15.1. The van der Waals surface area contributed by atoms with Gasteiger partial charge in [0.2, 0.25) is 5.91 Å². The molecular weight excluding hydrogens is 284 g/mol. The molecule has 0 saturated carbocycles. The van der Waals surface area contributed by atoms with Crippen molar-refractivity contribution in [2.75, 3.05) is 24.5 Å². The van der Waals surface area contributed by atoms with Crippen molar-refractivity contribution in [1.29, 1.82) is 0 Å². The number of carbonyl (C=O) groups is 2. The Morgan fingerprint density at radius 1 is 1.32 bits per heavy atom. The molecule has 3 amide bonds. The molecule has 0 aliphatic carbocycles. The van der Waals surface area contributed by atoms with E-state index >= 15 is 0 Å². The van der Waals surface area contributed by atoms with Crippen LogP contribution in [0.25, 0.3) is 11.0 Å². The number of carbonyl (C=O) groups excluding carboxylic acids is 2. The third-order valence-electron chi connectivity index (χ3n) is 4.22. The topological polar surface area (TPSA) is 87.5 Å². The van der Waals surface area contributed by atoms with Crippen molar-refractivity contribution >= 4 is 28.7 Å². The highest BCUT2D eigenvalue weighted by atomic mass is 16.5. The first-order chi connectivity index (χ1) is 10.7. The highest BCUT2D eigenvalue weighted by Gasteiger charge is 2.28. The van der Waals surface area contributed by atoms with Crippen LogP contribution in [0.3, 0.4) is 0 Å². The van der Waals surface area contributed by atoms with Gasteiger partial charge in [-0.25, -0.2) is 4.79 Å². The lowest BCUT2D eigenvalue weighted by molar-refractivity contribution is -0.120. The van der Waals surface area contributed by atoms with Gasteiger partial charge in [0, 0.05) is 13.0 Å². The lowest BCUT2D eigenvalue weighted by atomic mass is 9.94. The molecule has 0 atom stereocenters. The Labute approximate surface area is 126 Å². The molecule has 2 aromatic rings. The van der Waals surface area contributed by atoms with E-state index in [0.717, 1.165) is 24.9 Å². The van der Waals surface area contributed by atoms with Gasteiger partial charge in [0.15, 0.2) is 11.4 Å². The van der Waals surface area contributed by atoms with Crippen LogP contribution in [0.2, 0.25) is 0 Å². The minimum Gasteiger partial charge on any atom is -0.354 e. The molecule has 0 bridgehead atoms. The number of rotatable bonds is 3. The highest BCUT2D eigenvalue weighted by Crippen LogP contribution is 2.29. The lowest BCUT2D eigenvalue weighted by Gasteiger charge is -2.27. The normalized spacial score (nSPS) is 19.4. The fraction of sp³-hybridized carbons (Fsp3) is 0.400. The summed E-state index contributed by atoms with van der Waals surface area (Å²) in [5, 5.41) is 10.4. The Hall–Kier alpha value is -2.41. The number of fused-ring (bicyclic) bond motifs is 1. The number of hydrogen-bond acceptors (Lipinski definition) is 5. The van der Waals surface area contributed by atoms with Crippen LogP contribution in [-0.2, 0) is 11.2 Å². The molecule has 0 unspecified atom stereocenters. The predicted octanol–water partition coefficient (Wildman–Crippen LogP) is 1.04. The first kappa shape index (κ1) is 13.3. The number of amides is 3. The van der Waals surface area contributed by atoms with Crippen LogP contribution in [0.15, 0.2) is 22.7 Å². The number of anilines is 1. The van der Waals surface area contributed by atoms with Gasteiger partial charge in [-0.05, 0) is 43.1 Å². The summed E-state index contributed by atoms with van der Waals surface area (Å²) in [5.41, 5.74) is 1.85. The molecule has 0 spiro atoms. The van der Waals surface area contributed by atoms with Crippen LogP contribution in [0.1, 0.15) is 12.0 Å². The Balaban J connectivity index is 1.66. The van der Waals surface area contributed by atoms with Crippen molar-refractivity contribution in [3.63, 3.8) is 0 Å². The van der Waals surface area contributed by atoms with Crippen LogP contribution in [0, 0.1) is 5.92 Å². The number of imide groups is 1. The standard InChI is InChI=1S/C15H16N4O3/c20-13-3-4-19(15(21)17-13)14-11-6-9(5-10-7-16-8-10)1-2-12(11)22-18-14/h1-2,6,10,16H,3-5,7-8H2,(H,17,20,21). The number of nitrogens with one attached hydrogen (secondary N) is 2. The molecular formula is C15H16N4O3. The third-order valence-corrected chi connectivity index (χ3v) is 4.22. The molecule has 22 heavy (non-hydrogen) atoms. The SMILES string of the molecule is O=C1CCN(c2noc3ccc(CC4CNC4)cc23)C(=O)N1. The maximum Gasteiger partial charge on any atom is 0.329 e. The summed E-state index contributed by atoms with van der Waals surface area (Å²) in [6.45, 7) is 2.42. The van der Waals surface area contributed by atoms with Gasteiger partial charge in [0.25, 0.3) is 0 Å². The number of urea groups is 1. The summed E-state index contributed by atoms with van der Waals surface area (Å²) in [6, 6.07) is 5.51. The van der Waals surface area contributed by atoms with E-state index in [1.807, 2.05) is 18.2 Å². The quantitative estimate of drug-likeness (QED) is 0.884. The number of hydrogen-bond donors (Lipinski definition) is 2. The maximum absolute atomic E-state index is 12.0. The van der Waals surface area contributed by atoms with E-state index in [1.54, 1.807) is 0 Å². The smallest absolute Gasteiger partial charge is 0.329 e. The average molecular weight is 300 g/mol. The summed E-state index contributed by atoms with van der Waals surface area (Å²) < 4.78 is 5.31. The average Bonchev–Trinajstić information content (AvgIpc) is 2.86. The molecule has 4 rings (SSSR count). The molecule has 2 saturated heterocycles. The molecule has 2 N–H and O–H groups in total. The van der Waals surface area contributed by atoms with E-state index in [4.69, 9.17) is 4.52 Å². The predicted molar refractivity (Wildman–Crippen MR) is 79.6 cm³/mol. The summed E-state index contributed by atoms with van der Waals surface area (Å²) in [6.07, 6.45) is 1.27. The number of nitrogens with zero attached hydrogens (tertiary/aromatic N) is 2. The van der Waals surface area contributed by atoms with Gasteiger partial charge in [0.1, 0.15) is 0 Å². The van der Waals surface area contributed by atoms with E-state index in [-0.39, 0.29) is 12.3 Å². The van der Waals surface area contributed by atoms with Gasteiger partial charge < -0.3 is 9.84 Å². The van der Waals surface area contributed by atoms with Crippen molar-refractivity contribution in [3.05, 3.63) is 23.8 Å². The van der Waals surface area contributed by atoms with Gasteiger partial charge in [0.05, 0.1) is 5.39 Å². The van der Waals surface area contributed by atoms with E-state index < -0.39 is 6.03 Å². The first-order valence-corrected chi connectivity index (χ1v) is 7.41. The first-order valence-electron chi connectivity index (χ1n) is 7.41. The van der Waals surface area contributed by atoms with E-state index in [9.17, 15) is 9.59 Å². The van der Waals surface area contributed by atoms with Crippen molar-refractivity contribution in [2.24, 2.45) is 5.92 Å². The fourth-order valence-electron chi connectivity index (χ4n) is 2.89. The Kier molecular flexibility index (Phi) is 3.07. The second-order valence-corrected chi connectivity index (χ2v) is 5.82. The van der Waals surface area contributed by atoms with Crippen LogP contribution in [-0.4, -0.2) is 36.7 Å². The largest absolute Gasteiger partial charge is 0.354 e. The van der Waals surface area contributed by atoms with Gasteiger partial charge in [-0.1, -0.05) is 11.2 Å². The molecule has 1 aromatic carbocycles. The maximum atomic E-state index is 12.0. The van der Waals surface area contributed by atoms with Crippen LogP contribution < -0.4 is 15.5 Å². The Morgan fingerprint density at radius 3 is 2.91 bits per heavy atom. The second kappa shape index (κ2) is 5.10. The second-order valence-electron chi connectivity index (χ2n) is 5.82. The summed E-state index contributed by atoms with van der Waals surface area (Å²) in [7, 11) is 0. The third kappa shape index (κ3) is 2.23. The monoisotopic (exact) mass is 300 g/mol. The molecule has 2 aliphatic rings. The summed E-state index contributed by atoms with van der Waals surface area (Å²) in [5.74, 6) is 0.887. The highest BCUT2D eigenvalue weighted by molar-refractivity contribution is 6.08. The molecule has 2 fully saturated rings. The van der Waals surface area contributed by atoms with Crippen LogP contribution in [0.4, 0.5) is 10.6 Å². The molecule has 114 valence electrons. The summed E-state index contributed by atoms with van der Waals surface area (Å²) >= 11 is 0. The zero-order valence-electron chi connectivity index (χ0n) is 12.0. The Morgan fingerprint density at radius 2 is 2.18 bits per heavy atom. The minimum atomic E-state index is -0.444. The molecule has 1 aromatic heterocycles. The lowest BCUT2D eigenvalue weighted by Crippen LogP contribution is -2.49. The molecule has 7 nitrogen and oxygen atoms in total. The fourth-order valence-corrected chi connectivity index (χ4v) is 2.89. The summed E-state index contributed by atoms with van der Waals surface area (Å²) in [4.78, 5) is 24.7.